The van der Waals surface area contributed by atoms with Crippen LogP contribution in [-0.4, -0.2) is 17.4 Å². The minimum atomic E-state index is -0.175. The summed E-state index contributed by atoms with van der Waals surface area (Å²) in [5, 5.41) is 0. The maximum Gasteiger partial charge on any atom is 0.229 e. The molecule has 0 aromatic heterocycles. The van der Waals surface area contributed by atoms with E-state index in [1.807, 2.05) is 6.07 Å². The summed E-state index contributed by atoms with van der Waals surface area (Å²) in [6.45, 7) is 9.40. The molecule has 1 saturated carbocycles. The van der Waals surface area contributed by atoms with E-state index in [1.54, 1.807) is 0 Å². The SMILES string of the molecule is C=C(C)[C@H]1CCCC[C@@]12CCCN([C@@H](C)c1ccccc1)C2=O. The number of carbonyl (C=O) groups excluding carboxylic acids is 1. The van der Waals surface area contributed by atoms with E-state index in [4.69, 9.17) is 0 Å². The van der Waals surface area contributed by atoms with Gasteiger partial charge in [0.1, 0.15) is 0 Å². The molecular weight excluding hydrogens is 282 g/mol. The van der Waals surface area contributed by atoms with E-state index in [0.29, 0.717) is 11.8 Å². The molecule has 0 bridgehead atoms. The lowest BCUT2D eigenvalue weighted by molar-refractivity contribution is -0.155. The smallest absolute Gasteiger partial charge is 0.229 e. The third kappa shape index (κ3) is 2.84. The number of hydrogen-bond acceptors (Lipinski definition) is 1. The van der Waals surface area contributed by atoms with Gasteiger partial charge in [0.15, 0.2) is 0 Å². The standard InChI is InChI=1S/C21H29NO/c1-16(2)19-12-7-8-13-21(19)14-9-15-22(20(21)23)17(3)18-10-5-4-6-11-18/h4-6,10-11,17,19H,1,7-9,12-15H2,2-3H3/t17-,19+,21+/m0/s1. The Morgan fingerprint density at radius 3 is 2.61 bits per heavy atom. The maximum absolute atomic E-state index is 13.5. The molecule has 23 heavy (non-hydrogen) atoms. The number of benzene rings is 1. The number of hydrogen-bond donors (Lipinski definition) is 0. The molecule has 1 aromatic carbocycles. The second kappa shape index (κ2) is 6.51. The Labute approximate surface area is 140 Å². The number of nitrogens with zero attached hydrogens (tertiary/aromatic N) is 1. The molecule has 2 nitrogen and oxygen atoms in total. The zero-order valence-corrected chi connectivity index (χ0v) is 14.6. The molecule has 124 valence electrons. The van der Waals surface area contributed by atoms with Crippen molar-refractivity contribution in [1.82, 2.24) is 4.90 Å². The summed E-state index contributed by atoms with van der Waals surface area (Å²) in [6, 6.07) is 10.6. The Morgan fingerprint density at radius 2 is 1.91 bits per heavy atom. The minimum absolute atomic E-state index is 0.161. The predicted octanol–water partition coefficient (Wildman–Crippen LogP) is 5.12. The molecular formula is C21H29NO. The topological polar surface area (TPSA) is 20.3 Å². The largest absolute Gasteiger partial charge is 0.335 e. The van der Waals surface area contributed by atoms with Gasteiger partial charge in [0, 0.05) is 6.54 Å². The van der Waals surface area contributed by atoms with Crippen molar-refractivity contribution in [1.29, 1.82) is 0 Å². The van der Waals surface area contributed by atoms with Gasteiger partial charge in [-0.2, -0.15) is 0 Å². The monoisotopic (exact) mass is 311 g/mol. The summed E-state index contributed by atoms with van der Waals surface area (Å²) in [6.07, 6.45) is 6.76. The van der Waals surface area contributed by atoms with Crippen molar-refractivity contribution in [2.75, 3.05) is 6.54 Å². The molecule has 1 aliphatic heterocycles. The molecule has 3 rings (SSSR count). The third-order valence-corrected chi connectivity index (χ3v) is 6.09. The van der Waals surface area contributed by atoms with E-state index in [1.165, 1.54) is 24.0 Å². The lowest BCUT2D eigenvalue weighted by atomic mass is 9.60. The molecule has 1 saturated heterocycles. The predicted molar refractivity (Wildman–Crippen MR) is 95.0 cm³/mol. The van der Waals surface area contributed by atoms with Crippen LogP contribution in [0.15, 0.2) is 42.5 Å². The minimum Gasteiger partial charge on any atom is -0.335 e. The van der Waals surface area contributed by atoms with E-state index >= 15 is 0 Å². The molecule has 2 aliphatic rings. The fraction of sp³-hybridized carbons (Fsp3) is 0.571. The number of carbonyl (C=O) groups is 1. The molecule has 3 atom stereocenters. The summed E-state index contributed by atoms with van der Waals surface area (Å²) in [5.74, 6) is 0.752. The molecule has 0 radical (unpaired) electrons. The highest BCUT2D eigenvalue weighted by Gasteiger charge is 2.51. The molecule has 1 amide bonds. The molecule has 1 aromatic rings. The zero-order chi connectivity index (χ0) is 16.4. The average Bonchev–Trinajstić information content (AvgIpc) is 2.58. The summed E-state index contributed by atoms with van der Waals surface area (Å²) >= 11 is 0. The first-order valence-corrected chi connectivity index (χ1v) is 9.08. The van der Waals surface area contributed by atoms with Gasteiger partial charge in [0.25, 0.3) is 0 Å². The van der Waals surface area contributed by atoms with Crippen LogP contribution in [0.3, 0.4) is 0 Å². The summed E-state index contributed by atoms with van der Waals surface area (Å²) in [7, 11) is 0. The number of piperidine rings is 1. The lowest BCUT2D eigenvalue weighted by Crippen LogP contribution is -2.54. The normalized spacial score (nSPS) is 29.6. The molecule has 1 spiro atoms. The zero-order valence-electron chi connectivity index (χ0n) is 14.6. The van der Waals surface area contributed by atoms with E-state index < -0.39 is 0 Å². The Kier molecular flexibility index (Phi) is 4.61. The van der Waals surface area contributed by atoms with E-state index in [9.17, 15) is 4.79 Å². The quantitative estimate of drug-likeness (QED) is 0.709. The van der Waals surface area contributed by atoms with Crippen LogP contribution in [0.4, 0.5) is 0 Å². The van der Waals surface area contributed by atoms with Crippen LogP contribution in [0.2, 0.25) is 0 Å². The van der Waals surface area contributed by atoms with Crippen LogP contribution < -0.4 is 0 Å². The maximum atomic E-state index is 13.5. The fourth-order valence-electron chi connectivity index (χ4n) is 4.85. The van der Waals surface area contributed by atoms with E-state index in [-0.39, 0.29) is 11.5 Å². The molecule has 0 unspecified atom stereocenters. The first kappa shape index (κ1) is 16.3. The van der Waals surface area contributed by atoms with Crippen molar-refractivity contribution in [3.8, 4) is 0 Å². The Hall–Kier alpha value is -1.57. The van der Waals surface area contributed by atoms with Gasteiger partial charge in [0.2, 0.25) is 5.91 Å². The van der Waals surface area contributed by atoms with Gasteiger partial charge < -0.3 is 4.90 Å². The second-order valence-corrected chi connectivity index (χ2v) is 7.49. The lowest BCUT2D eigenvalue weighted by Gasteiger charge is -2.50. The molecule has 1 heterocycles. The van der Waals surface area contributed by atoms with E-state index in [0.717, 1.165) is 32.2 Å². The summed E-state index contributed by atoms with van der Waals surface area (Å²) < 4.78 is 0. The van der Waals surface area contributed by atoms with Crippen molar-refractivity contribution in [3.05, 3.63) is 48.0 Å². The molecule has 0 N–H and O–H groups in total. The van der Waals surface area contributed by atoms with Crippen LogP contribution >= 0.6 is 0 Å². The first-order valence-electron chi connectivity index (χ1n) is 9.08. The van der Waals surface area contributed by atoms with Crippen molar-refractivity contribution >= 4 is 5.91 Å². The van der Waals surface area contributed by atoms with Crippen LogP contribution in [0.25, 0.3) is 0 Å². The highest BCUT2D eigenvalue weighted by atomic mass is 16.2. The second-order valence-electron chi connectivity index (χ2n) is 7.49. The highest BCUT2D eigenvalue weighted by molar-refractivity contribution is 5.85. The van der Waals surface area contributed by atoms with Crippen molar-refractivity contribution in [3.63, 3.8) is 0 Å². The van der Waals surface area contributed by atoms with Crippen molar-refractivity contribution < 1.29 is 4.79 Å². The fourth-order valence-corrected chi connectivity index (χ4v) is 4.85. The van der Waals surface area contributed by atoms with Gasteiger partial charge in [-0.25, -0.2) is 0 Å². The Balaban J connectivity index is 1.90. The van der Waals surface area contributed by atoms with Gasteiger partial charge in [-0.05, 0) is 51.0 Å². The highest BCUT2D eigenvalue weighted by Crippen LogP contribution is 2.51. The van der Waals surface area contributed by atoms with Gasteiger partial charge >= 0.3 is 0 Å². The van der Waals surface area contributed by atoms with Crippen molar-refractivity contribution in [2.45, 2.75) is 58.4 Å². The van der Waals surface area contributed by atoms with Gasteiger partial charge in [0.05, 0.1) is 11.5 Å². The molecule has 1 aliphatic carbocycles. The third-order valence-electron chi connectivity index (χ3n) is 6.09. The van der Waals surface area contributed by atoms with Crippen LogP contribution in [0.1, 0.15) is 64.0 Å². The van der Waals surface area contributed by atoms with Gasteiger partial charge in [-0.15, -0.1) is 0 Å². The average molecular weight is 311 g/mol. The number of rotatable bonds is 3. The van der Waals surface area contributed by atoms with Crippen LogP contribution in [-0.2, 0) is 4.79 Å². The number of allylic oxidation sites excluding steroid dienone is 1. The Bertz CT molecular complexity index is 575. The molecule has 2 fully saturated rings. The van der Waals surface area contributed by atoms with Crippen LogP contribution in [0, 0.1) is 11.3 Å². The molecule has 2 heteroatoms. The van der Waals surface area contributed by atoms with Gasteiger partial charge in [-0.3, -0.25) is 4.79 Å². The summed E-state index contributed by atoms with van der Waals surface area (Å²) in [4.78, 5) is 15.7. The summed E-state index contributed by atoms with van der Waals surface area (Å²) in [5.41, 5.74) is 2.26. The first-order chi connectivity index (χ1) is 11.1. The van der Waals surface area contributed by atoms with Gasteiger partial charge in [-0.1, -0.05) is 55.3 Å². The Morgan fingerprint density at radius 1 is 1.22 bits per heavy atom. The van der Waals surface area contributed by atoms with E-state index in [2.05, 4.69) is 49.6 Å². The van der Waals surface area contributed by atoms with Crippen molar-refractivity contribution in [2.24, 2.45) is 11.3 Å². The number of likely N-dealkylation sites (tertiary alicyclic amines) is 1. The number of amides is 1. The van der Waals surface area contributed by atoms with Crippen LogP contribution in [0.5, 0.6) is 0 Å².